The first-order valence-corrected chi connectivity index (χ1v) is 8.29. The largest absolute Gasteiger partial charge is 0.493 e. The number of fused-ring (bicyclic) bond motifs is 1. The monoisotopic (exact) mass is 346 g/mol. The highest BCUT2D eigenvalue weighted by molar-refractivity contribution is 5.83. The van der Waals surface area contributed by atoms with Crippen LogP contribution in [-0.4, -0.2) is 65.7 Å². The summed E-state index contributed by atoms with van der Waals surface area (Å²) in [6.07, 6.45) is -0.440. The molecule has 1 fully saturated rings. The number of aromatic amines is 1. The Morgan fingerprint density at radius 1 is 1.24 bits per heavy atom. The number of hydrogen-bond donors (Lipinski definition) is 1. The molecule has 8 nitrogen and oxygen atoms in total. The van der Waals surface area contributed by atoms with Crippen LogP contribution < -0.4 is 15.0 Å². The second-order valence-corrected chi connectivity index (χ2v) is 5.96. The number of amides is 1. The summed E-state index contributed by atoms with van der Waals surface area (Å²) in [5.41, 5.74) is 0.216. The van der Waals surface area contributed by atoms with Gasteiger partial charge in [-0.05, 0) is 19.5 Å². The summed E-state index contributed by atoms with van der Waals surface area (Å²) in [4.78, 5) is 35.4. The van der Waals surface area contributed by atoms with Crippen LogP contribution in [0.15, 0.2) is 16.9 Å². The lowest BCUT2D eigenvalue weighted by atomic mass is 10.2. The number of likely N-dealkylation sites (N-methyl/N-ethyl adjacent to an activating group) is 1. The number of aryl methyl sites for hydroxylation is 1. The maximum absolute atomic E-state index is 12.4. The predicted molar refractivity (Wildman–Crippen MR) is 93.4 cm³/mol. The van der Waals surface area contributed by atoms with E-state index in [1.807, 2.05) is 0 Å². The van der Waals surface area contributed by atoms with Gasteiger partial charge in [0, 0.05) is 32.2 Å². The maximum atomic E-state index is 12.4. The standard InChI is InChI=1S/C17H22N4O4/c1-4-20-5-7-21(8-6-20)17(23)25-15-9-12-13(10-14(15)24-3)18-11(2)19-16(12)22/h9-10H,4-8H2,1-3H3,(H,18,19,22). The van der Waals surface area contributed by atoms with Gasteiger partial charge in [0.05, 0.1) is 18.0 Å². The average molecular weight is 346 g/mol. The molecule has 3 rings (SSSR count). The summed E-state index contributed by atoms with van der Waals surface area (Å²) >= 11 is 0. The molecular formula is C17H22N4O4. The number of carbonyl (C=O) groups excluding carboxylic acids is 1. The van der Waals surface area contributed by atoms with E-state index in [4.69, 9.17) is 9.47 Å². The first-order valence-electron chi connectivity index (χ1n) is 8.29. The minimum Gasteiger partial charge on any atom is -0.493 e. The molecule has 25 heavy (non-hydrogen) atoms. The molecule has 0 aliphatic carbocycles. The molecule has 0 unspecified atom stereocenters. The third-order valence-corrected chi connectivity index (χ3v) is 4.38. The molecule has 2 heterocycles. The summed E-state index contributed by atoms with van der Waals surface area (Å²) in [6, 6.07) is 3.11. The van der Waals surface area contributed by atoms with Gasteiger partial charge in [0.25, 0.3) is 5.56 Å². The van der Waals surface area contributed by atoms with Crippen molar-refractivity contribution in [2.75, 3.05) is 39.8 Å². The van der Waals surface area contributed by atoms with Crippen LogP contribution in [0.25, 0.3) is 10.9 Å². The van der Waals surface area contributed by atoms with Crippen LogP contribution in [0.1, 0.15) is 12.7 Å². The number of H-pyrrole nitrogens is 1. The molecule has 1 aliphatic heterocycles. The van der Waals surface area contributed by atoms with Crippen molar-refractivity contribution >= 4 is 17.0 Å². The lowest BCUT2D eigenvalue weighted by Crippen LogP contribution is -2.49. The molecule has 2 aromatic rings. The Morgan fingerprint density at radius 3 is 2.60 bits per heavy atom. The molecule has 8 heteroatoms. The van der Waals surface area contributed by atoms with Gasteiger partial charge in [0.2, 0.25) is 0 Å². The van der Waals surface area contributed by atoms with Crippen LogP contribution in [0.3, 0.4) is 0 Å². The van der Waals surface area contributed by atoms with Crippen molar-refractivity contribution < 1.29 is 14.3 Å². The normalized spacial score (nSPS) is 15.4. The molecule has 0 atom stereocenters. The van der Waals surface area contributed by atoms with Crippen molar-refractivity contribution in [3.05, 3.63) is 28.3 Å². The molecular weight excluding hydrogens is 324 g/mol. The van der Waals surface area contributed by atoms with E-state index < -0.39 is 6.09 Å². The van der Waals surface area contributed by atoms with Crippen molar-refractivity contribution in [3.63, 3.8) is 0 Å². The van der Waals surface area contributed by atoms with Gasteiger partial charge >= 0.3 is 6.09 Å². The van der Waals surface area contributed by atoms with Gasteiger partial charge in [-0.25, -0.2) is 9.78 Å². The maximum Gasteiger partial charge on any atom is 0.415 e. The average Bonchev–Trinajstić information content (AvgIpc) is 2.61. The summed E-state index contributed by atoms with van der Waals surface area (Å²) in [5.74, 6) is 1.10. The Morgan fingerprint density at radius 2 is 1.96 bits per heavy atom. The fraction of sp³-hybridized carbons (Fsp3) is 0.471. The molecule has 134 valence electrons. The quantitative estimate of drug-likeness (QED) is 0.903. The third kappa shape index (κ3) is 3.58. The Labute approximate surface area is 145 Å². The zero-order chi connectivity index (χ0) is 18.0. The lowest BCUT2D eigenvalue weighted by Gasteiger charge is -2.33. The van der Waals surface area contributed by atoms with E-state index in [1.165, 1.54) is 13.2 Å². The number of hydrogen-bond acceptors (Lipinski definition) is 6. The second-order valence-electron chi connectivity index (χ2n) is 5.96. The summed E-state index contributed by atoms with van der Waals surface area (Å²) in [7, 11) is 1.48. The number of nitrogens with one attached hydrogen (secondary N) is 1. The van der Waals surface area contributed by atoms with Gasteiger partial charge in [0.1, 0.15) is 5.82 Å². The highest BCUT2D eigenvalue weighted by Crippen LogP contribution is 2.31. The van der Waals surface area contributed by atoms with Crippen molar-refractivity contribution in [1.29, 1.82) is 0 Å². The fourth-order valence-corrected chi connectivity index (χ4v) is 2.91. The van der Waals surface area contributed by atoms with Crippen molar-refractivity contribution in [2.45, 2.75) is 13.8 Å². The van der Waals surface area contributed by atoms with Crippen LogP contribution >= 0.6 is 0 Å². The molecule has 1 aromatic heterocycles. The number of aromatic nitrogens is 2. The van der Waals surface area contributed by atoms with Crippen LogP contribution in [0.4, 0.5) is 4.79 Å². The van der Waals surface area contributed by atoms with Crippen LogP contribution in [0, 0.1) is 6.92 Å². The molecule has 1 saturated heterocycles. The molecule has 0 spiro atoms. The Hall–Kier alpha value is -2.61. The number of rotatable bonds is 3. The van der Waals surface area contributed by atoms with Gasteiger partial charge in [0.15, 0.2) is 11.5 Å². The van der Waals surface area contributed by atoms with E-state index in [0.29, 0.717) is 35.6 Å². The SMILES string of the molecule is CCN1CCN(C(=O)Oc2cc3c(=O)[nH]c(C)nc3cc2OC)CC1. The van der Waals surface area contributed by atoms with Gasteiger partial charge in [-0.15, -0.1) is 0 Å². The topological polar surface area (TPSA) is 87.8 Å². The van der Waals surface area contributed by atoms with E-state index in [9.17, 15) is 9.59 Å². The number of nitrogens with zero attached hydrogens (tertiary/aromatic N) is 3. The summed E-state index contributed by atoms with van der Waals surface area (Å²) in [6.45, 7) is 7.65. The van der Waals surface area contributed by atoms with E-state index in [2.05, 4.69) is 21.8 Å². The molecule has 0 radical (unpaired) electrons. The minimum absolute atomic E-state index is 0.217. The van der Waals surface area contributed by atoms with Crippen molar-refractivity contribution in [3.8, 4) is 11.5 Å². The van der Waals surface area contributed by atoms with Gasteiger partial charge in [-0.3, -0.25) is 4.79 Å². The molecule has 1 N–H and O–H groups in total. The van der Waals surface area contributed by atoms with Crippen LogP contribution in [-0.2, 0) is 0 Å². The smallest absolute Gasteiger partial charge is 0.415 e. The number of piperazine rings is 1. The first-order chi connectivity index (χ1) is 12.0. The molecule has 0 saturated carbocycles. The first kappa shape index (κ1) is 17.2. The Bertz CT molecular complexity index is 840. The number of carbonyl (C=O) groups is 1. The van der Waals surface area contributed by atoms with Crippen molar-refractivity contribution in [2.24, 2.45) is 0 Å². The van der Waals surface area contributed by atoms with Crippen molar-refractivity contribution in [1.82, 2.24) is 19.8 Å². The fourth-order valence-electron chi connectivity index (χ4n) is 2.91. The predicted octanol–water partition coefficient (Wildman–Crippen LogP) is 1.38. The van der Waals surface area contributed by atoms with Crippen LogP contribution in [0.5, 0.6) is 11.5 Å². The lowest BCUT2D eigenvalue weighted by molar-refractivity contribution is 0.112. The zero-order valence-corrected chi connectivity index (χ0v) is 14.7. The van der Waals surface area contributed by atoms with E-state index in [-0.39, 0.29) is 11.3 Å². The summed E-state index contributed by atoms with van der Waals surface area (Å²) in [5, 5.41) is 0.352. The minimum atomic E-state index is -0.440. The number of benzene rings is 1. The highest BCUT2D eigenvalue weighted by atomic mass is 16.6. The van der Waals surface area contributed by atoms with E-state index in [0.717, 1.165) is 19.6 Å². The Kier molecular flexibility index (Phi) is 4.89. The highest BCUT2D eigenvalue weighted by Gasteiger charge is 2.23. The van der Waals surface area contributed by atoms with E-state index >= 15 is 0 Å². The van der Waals surface area contributed by atoms with Gasteiger partial charge in [-0.2, -0.15) is 0 Å². The zero-order valence-electron chi connectivity index (χ0n) is 14.7. The number of ether oxygens (including phenoxy) is 2. The van der Waals surface area contributed by atoms with Crippen LogP contribution in [0.2, 0.25) is 0 Å². The van der Waals surface area contributed by atoms with E-state index in [1.54, 1.807) is 17.9 Å². The molecule has 1 aromatic carbocycles. The second kappa shape index (κ2) is 7.10. The third-order valence-electron chi connectivity index (χ3n) is 4.38. The Balaban J connectivity index is 1.85. The molecule has 0 bridgehead atoms. The molecule has 1 aliphatic rings. The summed E-state index contributed by atoms with van der Waals surface area (Å²) < 4.78 is 10.8. The van der Waals surface area contributed by atoms with Gasteiger partial charge < -0.3 is 24.3 Å². The van der Waals surface area contributed by atoms with Gasteiger partial charge in [-0.1, -0.05) is 6.92 Å². The number of methoxy groups -OCH3 is 1. The molecule has 1 amide bonds.